The minimum Gasteiger partial charge on any atom is -0.339 e. The van der Waals surface area contributed by atoms with E-state index in [1.165, 1.54) is 16.5 Å². The van der Waals surface area contributed by atoms with Gasteiger partial charge in [-0.05, 0) is 42.1 Å². The van der Waals surface area contributed by atoms with Crippen LogP contribution in [0.4, 0.5) is 0 Å². The first kappa shape index (κ1) is 16.7. The number of thiophene rings is 1. The molecule has 1 aromatic carbocycles. The van der Waals surface area contributed by atoms with Crippen LogP contribution in [0.25, 0.3) is 10.9 Å². The third kappa shape index (κ3) is 3.34. The summed E-state index contributed by atoms with van der Waals surface area (Å²) in [4.78, 5) is 31.9. The Kier molecular flexibility index (Phi) is 4.69. The maximum atomic E-state index is 12.5. The maximum Gasteiger partial charge on any atom is 0.261 e. The number of hydrogen-bond acceptors (Lipinski definition) is 4. The summed E-state index contributed by atoms with van der Waals surface area (Å²) in [6.07, 6.45) is 1.40. The molecule has 0 atom stereocenters. The van der Waals surface area contributed by atoms with Crippen LogP contribution in [0.1, 0.15) is 10.4 Å². The van der Waals surface area contributed by atoms with Crippen LogP contribution in [-0.4, -0.2) is 27.4 Å². The number of amides is 1. The van der Waals surface area contributed by atoms with Gasteiger partial charge in [-0.15, -0.1) is 11.3 Å². The highest BCUT2D eigenvalue weighted by Crippen LogP contribution is 2.17. The Morgan fingerprint density at radius 3 is 2.88 bits per heavy atom. The zero-order chi connectivity index (χ0) is 17.3. The Balaban J connectivity index is 1.81. The van der Waals surface area contributed by atoms with Crippen LogP contribution in [0.5, 0.6) is 0 Å². The number of benzene rings is 1. The van der Waals surface area contributed by atoms with Crippen LogP contribution >= 0.6 is 22.9 Å². The first-order chi connectivity index (χ1) is 11.5. The van der Waals surface area contributed by atoms with E-state index in [1.807, 2.05) is 18.4 Å². The fourth-order valence-electron chi connectivity index (χ4n) is 2.38. The van der Waals surface area contributed by atoms with Gasteiger partial charge in [0.15, 0.2) is 0 Å². The summed E-state index contributed by atoms with van der Waals surface area (Å²) in [6.45, 7) is 2.50. The number of likely N-dealkylation sites (N-methyl/N-ethyl adjacent to an activating group) is 1. The van der Waals surface area contributed by atoms with Crippen LogP contribution in [0.3, 0.4) is 0 Å². The number of nitrogens with zero attached hydrogens (tertiary/aromatic N) is 3. The average Bonchev–Trinajstić information content (AvgIpc) is 2.95. The molecule has 24 heavy (non-hydrogen) atoms. The van der Waals surface area contributed by atoms with Gasteiger partial charge in [-0.25, -0.2) is 4.98 Å². The summed E-state index contributed by atoms with van der Waals surface area (Å²) in [5.41, 5.74) is 1.46. The second-order valence-electron chi connectivity index (χ2n) is 5.62. The molecule has 2 heterocycles. The number of rotatable bonds is 4. The summed E-state index contributed by atoms with van der Waals surface area (Å²) in [5, 5.41) is 2.88. The summed E-state index contributed by atoms with van der Waals surface area (Å²) < 4.78 is 1.32. The van der Waals surface area contributed by atoms with Gasteiger partial charge in [-0.3, -0.25) is 14.2 Å². The number of carbonyl (C=O) groups excluding carboxylic acids is 1. The monoisotopic (exact) mass is 361 g/mol. The molecule has 2 aromatic heterocycles. The lowest BCUT2D eigenvalue weighted by molar-refractivity contribution is -0.131. The normalized spacial score (nSPS) is 11.0. The quantitative estimate of drug-likeness (QED) is 0.717. The molecule has 3 rings (SSSR count). The standard InChI is InChI=1S/C17H16ClN3O2S/c1-11-5-6-24-15(11)8-20(2)16(22)9-21-10-19-14-4-3-12(18)7-13(14)17(21)23/h3-7,10H,8-9H2,1-2H3. The Hall–Kier alpha value is -2.18. The van der Waals surface area contributed by atoms with Crippen LogP contribution in [0.2, 0.25) is 5.02 Å². The van der Waals surface area contributed by atoms with Crippen molar-refractivity contribution in [3.8, 4) is 0 Å². The number of hydrogen-bond donors (Lipinski definition) is 0. The smallest absolute Gasteiger partial charge is 0.261 e. The topological polar surface area (TPSA) is 55.2 Å². The fourth-order valence-corrected chi connectivity index (χ4v) is 3.51. The third-order valence-corrected chi connectivity index (χ3v) is 5.11. The van der Waals surface area contributed by atoms with E-state index in [0.717, 1.165) is 4.88 Å². The molecule has 0 spiro atoms. The number of halogens is 1. The van der Waals surface area contributed by atoms with Crippen LogP contribution in [0, 0.1) is 6.92 Å². The van der Waals surface area contributed by atoms with Crippen LogP contribution < -0.4 is 5.56 Å². The maximum absolute atomic E-state index is 12.5. The summed E-state index contributed by atoms with van der Waals surface area (Å²) >= 11 is 7.56. The largest absolute Gasteiger partial charge is 0.339 e. The molecule has 0 unspecified atom stereocenters. The predicted molar refractivity (Wildman–Crippen MR) is 96.5 cm³/mol. The lowest BCUT2D eigenvalue weighted by Gasteiger charge is -2.17. The van der Waals surface area contributed by atoms with E-state index in [2.05, 4.69) is 4.98 Å². The van der Waals surface area contributed by atoms with Gasteiger partial charge in [0.2, 0.25) is 5.91 Å². The SMILES string of the molecule is Cc1ccsc1CN(C)C(=O)Cn1cnc2ccc(Cl)cc2c1=O. The van der Waals surface area contributed by atoms with Gasteiger partial charge in [0.05, 0.1) is 23.8 Å². The first-order valence-electron chi connectivity index (χ1n) is 7.37. The second-order valence-corrected chi connectivity index (χ2v) is 7.05. The highest BCUT2D eigenvalue weighted by Gasteiger charge is 2.14. The van der Waals surface area contributed by atoms with Crippen LogP contribution in [-0.2, 0) is 17.9 Å². The highest BCUT2D eigenvalue weighted by molar-refractivity contribution is 7.10. The van der Waals surface area contributed by atoms with Gasteiger partial charge in [-0.1, -0.05) is 11.6 Å². The molecule has 0 radical (unpaired) electrons. The second kappa shape index (κ2) is 6.75. The molecule has 7 heteroatoms. The summed E-state index contributed by atoms with van der Waals surface area (Å²) in [7, 11) is 1.73. The van der Waals surface area contributed by atoms with Gasteiger partial charge in [0.25, 0.3) is 5.56 Å². The minimum absolute atomic E-state index is 0.0464. The van der Waals surface area contributed by atoms with E-state index in [0.29, 0.717) is 22.5 Å². The predicted octanol–water partition coefficient (Wildman–Crippen LogP) is 3.08. The molecule has 3 aromatic rings. The number of fused-ring (bicyclic) bond motifs is 1. The molecule has 5 nitrogen and oxygen atoms in total. The highest BCUT2D eigenvalue weighted by atomic mass is 35.5. The van der Waals surface area contributed by atoms with E-state index in [1.54, 1.807) is 41.5 Å². The van der Waals surface area contributed by atoms with E-state index >= 15 is 0 Å². The zero-order valence-corrected chi connectivity index (χ0v) is 14.9. The van der Waals surface area contributed by atoms with E-state index < -0.39 is 0 Å². The number of aryl methyl sites for hydroxylation is 1. The van der Waals surface area contributed by atoms with Crippen molar-refractivity contribution in [3.63, 3.8) is 0 Å². The van der Waals surface area contributed by atoms with Crippen LogP contribution in [0.15, 0.2) is 40.8 Å². The molecule has 0 saturated carbocycles. The Bertz CT molecular complexity index is 964. The lowest BCUT2D eigenvalue weighted by atomic mass is 10.2. The molecular weight excluding hydrogens is 346 g/mol. The number of aromatic nitrogens is 2. The molecule has 124 valence electrons. The van der Waals surface area contributed by atoms with Crippen molar-refractivity contribution in [1.82, 2.24) is 14.5 Å². The van der Waals surface area contributed by atoms with Gasteiger partial charge in [0.1, 0.15) is 6.54 Å². The molecule has 0 fully saturated rings. The van der Waals surface area contributed by atoms with Crippen molar-refractivity contribution in [1.29, 1.82) is 0 Å². The van der Waals surface area contributed by atoms with Gasteiger partial charge < -0.3 is 4.90 Å². The molecule has 0 aliphatic heterocycles. The van der Waals surface area contributed by atoms with Crippen molar-refractivity contribution in [2.45, 2.75) is 20.0 Å². The van der Waals surface area contributed by atoms with Gasteiger partial charge >= 0.3 is 0 Å². The first-order valence-corrected chi connectivity index (χ1v) is 8.63. The van der Waals surface area contributed by atoms with E-state index in [4.69, 9.17) is 11.6 Å². The minimum atomic E-state index is -0.267. The molecule has 0 aliphatic rings. The molecule has 0 saturated heterocycles. The van der Waals surface area contributed by atoms with Crippen molar-refractivity contribution in [2.24, 2.45) is 0 Å². The molecule has 0 bridgehead atoms. The molecule has 0 N–H and O–H groups in total. The fraction of sp³-hybridized carbons (Fsp3) is 0.235. The third-order valence-electron chi connectivity index (χ3n) is 3.87. The zero-order valence-electron chi connectivity index (χ0n) is 13.3. The Morgan fingerprint density at radius 1 is 1.38 bits per heavy atom. The Morgan fingerprint density at radius 2 is 2.17 bits per heavy atom. The average molecular weight is 362 g/mol. The van der Waals surface area contributed by atoms with Crippen molar-refractivity contribution in [2.75, 3.05) is 7.05 Å². The lowest BCUT2D eigenvalue weighted by Crippen LogP contribution is -2.33. The van der Waals surface area contributed by atoms with Crippen molar-refractivity contribution >= 4 is 39.7 Å². The molecule has 0 aliphatic carbocycles. The van der Waals surface area contributed by atoms with E-state index in [9.17, 15) is 9.59 Å². The van der Waals surface area contributed by atoms with Gasteiger partial charge in [0, 0.05) is 16.9 Å². The van der Waals surface area contributed by atoms with Crippen molar-refractivity contribution in [3.05, 3.63) is 61.8 Å². The molecular formula is C17H16ClN3O2S. The number of carbonyl (C=O) groups is 1. The van der Waals surface area contributed by atoms with E-state index in [-0.39, 0.29) is 18.0 Å². The van der Waals surface area contributed by atoms with Crippen molar-refractivity contribution < 1.29 is 4.79 Å². The molecule has 1 amide bonds. The summed E-state index contributed by atoms with van der Waals surface area (Å²) in [6, 6.07) is 6.98. The Labute approximate surface area is 148 Å². The van der Waals surface area contributed by atoms with Gasteiger partial charge in [-0.2, -0.15) is 0 Å². The summed E-state index contributed by atoms with van der Waals surface area (Å²) in [5.74, 6) is -0.145.